The quantitative estimate of drug-likeness (QED) is 0.506. The van der Waals surface area contributed by atoms with E-state index in [0.29, 0.717) is 13.2 Å². The topological polar surface area (TPSA) is 95.6 Å². The summed E-state index contributed by atoms with van der Waals surface area (Å²) in [7, 11) is 0. The first-order valence-corrected chi connectivity index (χ1v) is 11.1. The van der Waals surface area contributed by atoms with Gasteiger partial charge in [0.1, 0.15) is 22.5 Å². The minimum atomic E-state index is -0.218. The number of aromatic nitrogens is 6. The number of ether oxygens (including phenoxy) is 1. The number of nitrogens with one attached hydrogen (secondary N) is 2. The fourth-order valence-corrected chi connectivity index (χ4v) is 4.89. The van der Waals surface area contributed by atoms with Crippen LogP contribution in [0.4, 0.5) is 5.82 Å². The van der Waals surface area contributed by atoms with Crippen molar-refractivity contribution >= 4 is 28.6 Å². The van der Waals surface area contributed by atoms with Crippen molar-refractivity contribution in [1.82, 2.24) is 30.4 Å². The first-order valence-electron chi connectivity index (χ1n) is 10.2. The molecule has 9 heteroatoms. The van der Waals surface area contributed by atoms with Crippen LogP contribution in [0.1, 0.15) is 12.6 Å². The molecule has 0 aliphatic carbocycles. The maximum Gasteiger partial charge on any atom is 0.130 e. The van der Waals surface area contributed by atoms with Crippen LogP contribution in [0.3, 0.4) is 0 Å². The summed E-state index contributed by atoms with van der Waals surface area (Å²) in [5.41, 5.74) is 6.07. The Balaban J connectivity index is 1.58. The molecular formula is C22H21N7OS. The number of H-pyrrole nitrogens is 2. The Kier molecular flexibility index (Phi) is 4.15. The first kappa shape index (κ1) is 18.6. The molecule has 0 bridgehead atoms. The van der Waals surface area contributed by atoms with Gasteiger partial charge in [0.15, 0.2) is 0 Å². The Morgan fingerprint density at radius 2 is 2.10 bits per heavy atom. The van der Waals surface area contributed by atoms with Gasteiger partial charge in [0.05, 0.1) is 24.4 Å². The Bertz CT molecular complexity index is 1300. The number of thioether (sulfide) groups is 1. The lowest BCUT2D eigenvalue weighted by Crippen LogP contribution is -2.55. The zero-order chi connectivity index (χ0) is 21.0. The second kappa shape index (κ2) is 6.93. The summed E-state index contributed by atoms with van der Waals surface area (Å²) in [5, 5.41) is 17.1. The van der Waals surface area contributed by atoms with Crippen molar-refractivity contribution in [2.24, 2.45) is 0 Å². The van der Waals surface area contributed by atoms with Crippen LogP contribution in [0.15, 0.2) is 47.0 Å². The number of anilines is 1. The van der Waals surface area contributed by atoms with E-state index in [1.807, 2.05) is 25.3 Å². The zero-order valence-electron chi connectivity index (χ0n) is 17.2. The third kappa shape index (κ3) is 3.03. The van der Waals surface area contributed by atoms with Crippen molar-refractivity contribution in [2.75, 3.05) is 24.7 Å². The normalized spacial score (nSPS) is 20.8. The van der Waals surface area contributed by atoms with Crippen molar-refractivity contribution in [2.45, 2.75) is 19.4 Å². The summed E-state index contributed by atoms with van der Waals surface area (Å²) in [6.45, 7) is 6.31. The third-order valence-electron chi connectivity index (χ3n) is 5.97. The molecule has 2 aliphatic rings. The Labute approximate surface area is 183 Å². The van der Waals surface area contributed by atoms with Crippen molar-refractivity contribution < 1.29 is 4.74 Å². The number of hydrogen-bond donors (Lipinski definition) is 2. The second-order valence-electron chi connectivity index (χ2n) is 8.06. The molecular weight excluding hydrogens is 410 g/mol. The van der Waals surface area contributed by atoms with E-state index in [1.54, 1.807) is 18.0 Å². The fourth-order valence-electron chi connectivity index (χ4n) is 4.15. The molecule has 0 amide bonds. The van der Waals surface area contributed by atoms with E-state index in [4.69, 9.17) is 9.72 Å². The van der Waals surface area contributed by atoms with Crippen LogP contribution in [-0.4, -0.2) is 55.7 Å². The summed E-state index contributed by atoms with van der Waals surface area (Å²) < 4.78 is 5.86. The van der Waals surface area contributed by atoms with Crippen LogP contribution < -0.4 is 4.90 Å². The van der Waals surface area contributed by atoms with E-state index in [2.05, 4.69) is 54.7 Å². The highest BCUT2D eigenvalue weighted by molar-refractivity contribution is 8.12. The molecule has 2 aliphatic heterocycles. The average molecular weight is 432 g/mol. The van der Waals surface area contributed by atoms with Gasteiger partial charge in [0.2, 0.25) is 0 Å². The van der Waals surface area contributed by atoms with Crippen molar-refractivity contribution in [3.8, 4) is 22.5 Å². The smallest absolute Gasteiger partial charge is 0.130 e. The van der Waals surface area contributed by atoms with Crippen LogP contribution in [-0.2, 0) is 4.74 Å². The van der Waals surface area contributed by atoms with Crippen LogP contribution in [0.5, 0.6) is 0 Å². The summed E-state index contributed by atoms with van der Waals surface area (Å²) in [4.78, 5) is 13.3. The highest BCUT2D eigenvalue weighted by atomic mass is 32.2. The van der Waals surface area contributed by atoms with E-state index < -0.39 is 0 Å². The molecule has 1 saturated heterocycles. The fraction of sp³-hybridized carbons (Fsp3) is 0.273. The predicted molar refractivity (Wildman–Crippen MR) is 122 cm³/mol. The third-order valence-corrected chi connectivity index (χ3v) is 6.88. The number of aromatic amines is 2. The molecule has 8 nitrogen and oxygen atoms in total. The van der Waals surface area contributed by atoms with E-state index in [9.17, 15) is 0 Å². The van der Waals surface area contributed by atoms with Crippen molar-refractivity contribution in [3.05, 3.63) is 52.7 Å². The lowest BCUT2D eigenvalue weighted by atomic mass is 9.98. The maximum atomic E-state index is 5.86. The van der Waals surface area contributed by atoms with Crippen LogP contribution in [0, 0.1) is 6.92 Å². The number of morpholine rings is 1. The molecule has 1 atom stereocenters. The van der Waals surface area contributed by atoms with Crippen LogP contribution in [0.25, 0.3) is 33.5 Å². The number of fused-ring (bicyclic) bond motifs is 1. The van der Waals surface area contributed by atoms with Gasteiger partial charge in [-0.25, -0.2) is 4.98 Å². The van der Waals surface area contributed by atoms with Crippen molar-refractivity contribution in [1.29, 1.82) is 0 Å². The summed E-state index contributed by atoms with van der Waals surface area (Å²) in [6, 6.07) is 8.15. The molecule has 31 heavy (non-hydrogen) atoms. The number of hydrogen-bond acceptors (Lipinski definition) is 7. The maximum absolute atomic E-state index is 5.86. The number of nitrogens with zero attached hydrogens (tertiary/aromatic N) is 5. The average Bonchev–Trinajstić information content (AvgIpc) is 3.35. The molecule has 0 saturated carbocycles. The lowest BCUT2D eigenvalue weighted by Gasteiger charge is -2.44. The highest BCUT2D eigenvalue weighted by Gasteiger charge is 2.43. The Morgan fingerprint density at radius 1 is 1.19 bits per heavy atom. The number of aryl methyl sites for hydroxylation is 1. The van der Waals surface area contributed by atoms with Crippen LogP contribution in [0.2, 0.25) is 0 Å². The largest absolute Gasteiger partial charge is 0.377 e. The van der Waals surface area contributed by atoms with Gasteiger partial charge in [-0.05, 0) is 37.5 Å². The highest BCUT2D eigenvalue weighted by Crippen LogP contribution is 2.48. The molecule has 0 aromatic carbocycles. The Morgan fingerprint density at radius 3 is 2.84 bits per heavy atom. The molecule has 2 N–H and O–H groups in total. The van der Waals surface area contributed by atoms with Crippen LogP contribution >= 0.6 is 11.8 Å². The minimum Gasteiger partial charge on any atom is -0.377 e. The summed E-state index contributed by atoms with van der Waals surface area (Å²) >= 11 is 1.78. The van der Waals surface area contributed by atoms with Gasteiger partial charge < -0.3 is 9.64 Å². The van der Waals surface area contributed by atoms with E-state index >= 15 is 0 Å². The molecule has 0 unspecified atom stereocenters. The monoisotopic (exact) mass is 431 g/mol. The molecule has 0 spiro atoms. The molecule has 156 valence electrons. The summed E-state index contributed by atoms with van der Waals surface area (Å²) in [5.74, 6) is 0.907. The second-order valence-corrected chi connectivity index (χ2v) is 8.97. The van der Waals surface area contributed by atoms with E-state index in [1.165, 1.54) is 4.91 Å². The van der Waals surface area contributed by atoms with E-state index in [0.717, 1.165) is 51.6 Å². The van der Waals surface area contributed by atoms with Gasteiger partial charge >= 0.3 is 0 Å². The predicted octanol–water partition coefficient (Wildman–Crippen LogP) is 3.90. The molecule has 4 aromatic heterocycles. The Hall–Kier alpha value is -3.17. The van der Waals surface area contributed by atoms with Gasteiger partial charge in [-0.3, -0.25) is 15.2 Å². The number of pyridine rings is 2. The molecule has 6 heterocycles. The van der Waals surface area contributed by atoms with Gasteiger partial charge in [-0.2, -0.15) is 10.2 Å². The zero-order valence-corrected chi connectivity index (χ0v) is 18.0. The van der Waals surface area contributed by atoms with E-state index in [-0.39, 0.29) is 5.54 Å². The number of rotatable bonds is 4. The van der Waals surface area contributed by atoms with Gasteiger partial charge in [-0.15, -0.1) is 0 Å². The summed E-state index contributed by atoms with van der Waals surface area (Å²) in [6.07, 6.45) is 3.63. The molecule has 1 fully saturated rings. The van der Waals surface area contributed by atoms with Gasteiger partial charge in [-0.1, -0.05) is 17.8 Å². The van der Waals surface area contributed by atoms with Gasteiger partial charge in [0.25, 0.3) is 0 Å². The molecule has 4 aromatic rings. The lowest BCUT2D eigenvalue weighted by molar-refractivity contribution is 0.0738. The molecule has 6 rings (SSSR count). The minimum absolute atomic E-state index is 0.218. The van der Waals surface area contributed by atoms with Crippen molar-refractivity contribution in [3.63, 3.8) is 0 Å². The SMILES string of the molecule is Cc1ccc(-c2cc(N3CCOC[C@]3(C)C3=CS3)nc3c(-c4ccn[nH]4)[nH]nc23)cn1. The van der Waals surface area contributed by atoms with Gasteiger partial charge in [0, 0.05) is 40.7 Å². The standard InChI is InChI=1S/C22H21N7OS/c1-13-3-4-14(10-23-13)15-9-18(29-7-8-30-12-22(29,2)17-11-31-17)25-21-19(15)27-28-20(21)16-5-6-24-26-16/h3-6,9-11H,7-8,12H2,1-2H3,(H,24,26)(H,27,28)/t22-/m1/s1. The first-order chi connectivity index (χ1) is 15.1. The molecule has 0 radical (unpaired) electrons.